The van der Waals surface area contributed by atoms with Crippen LogP contribution in [-0.4, -0.2) is 5.54 Å². The number of hydrogen-bond acceptors (Lipinski definition) is 1. The highest BCUT2D eigenvalue weighted by Crippen LogP contribution is 2.27. The number of rotatable bonds is 3. The van der Waals surface area contributed by atoms with Crippen LogP contribution in [0.5, 0.6) is 0 Å². The van der Waals surface area contributed by atoms with Crippen LogP contribution in [0, 0.1) is 11.6 Å². The lowest BCUT2D eigenvalue weighted by molar-refractivity contribution is 0.252. The van der Waals surface area contributed by atoms with Crippen LogP contribution in [-0.2, 0) is 6.54 Å². The first-order valence-electron chi connectivity index (χ1n) is 6.27. The Morgan fingerprint density at radius 3 is 2.24 bits per heavy atom. The summed E-state index contributed by atoms with van der Waals surface area (Å²) in [5, 5.41) is 3.44. The van der Waals surface area contributed by atoms with Gasteiger partial charge in [0.05, 0.1) is 0 Å². The van der Waals surface area contributed by atoms with Gasteiger partial charge in [-0.05, 0) is 37.5 Å². The predicted octanol–water partition coefficient (Wildman–Crippen LogP) is 3.78. The van der Waals surface area contributed by atoms with Crippen molar-refractivity contribution in [1.82, 2.24) is 5.32 Å². The molecular formula is C14H19F2N. The molecule has 2 rings (SSSR count). The molecule has 0 aromatic heterocycles. The van der Waals surface area contributed by atoms with Crippen LogP contribution in [0.3, 0.4) is 0 Å². The molecule has 1 aromatic rings. The average Bonchev–Trinajstić information content (AvgIpc) is 2.26. The maximum absolute atomic E-state index is 13.0. The minimum Gasteiger partial charge on any atom is -0.307 e. The average molecular weight is 239 g/mol. The van der Waals surface area contributed by atoms with E-state index in [0.29, 0.717) is 12.1 Å². The topological polar surface area (TPSA) is 12.0 Å². The molecule has 1 fully saturated rings. The Kier molecular flexibility index (Phi) is 3.77. The van der Waals surface area contributed by atoms with Crippen LogP contribution in [0.15, 0.2) is 18.2 Å². The van der Waals surface area contributed by atoms with Crippen molar-refractivity contribution in [2.24, 2.45) is 0 Å². The molecule has 0 bridgehead atoms. The Morgan fingerprint density at radius 1 is 1.06 bits per heavy atom. The first kappa shape index (κ1) is 12.5. The molecule has 0 unspecified atom stereocenters. The number of benzene rings is 1. The maximum atomic E-state index is 13.0. The minimum atomic E-state index is -0.504. The van der Waals surface area contributed by atoms with Crippen LogP contribution in [0.4, 0.5) is 8.78 Å². The van der Waals surface area contributed by atoms with E-state index in [2.05, 4.69) is 12.2 Å². The molecule has 1 aromatic carbocycles. The van der Waals surface area contributed by atoms with Gasteiger partial charge in [0.15, 0.2) is 0 Å². The summed E-state index contributed by atoms with van der Waals surface area (Å²) in [7, 11) is 0. The van der Waals surface area contributed by atoms with Crippen LogP contribution in [0.25, 0.3) is 0 Å². The normalized spacial score (nSPS) is 19.2. The molecule has 1 nitrogen and oxygen atoms in total. The van der Waals surface area contributed by atoms with Crippen molar-refractivity contribution < 1.29 is 8.78 Å². The fraction of sp³-hybridized carbons (Fsp3) is 0.571. The summed E-state index contributed by atoms with van der Waals surface area (Å²) in [6.07, 6.45) is 6.06. The van der Waals surface area contributed by atoms with Crippen molar-refractivity contribution in [3.63, 3.8) is 0 Å². The smallest absolute Gasteiger partial charge is 0.126 e. The zero-order valence-electron chi connectivity index (χ0n) is 10.2. The van der Waals surface area contributed by atoms with Gasteiger partial charge in [0.2, 0.25) is 0 Å². The van der Waals surface area contributed by atoms with E-state index >= 15 is 0 Å². The largest absolute Gasteiger partial charge is 0.307 e. The molecule has 0 saturated heterocycles. The zero-order chi connectivity index (χ0) is 12.3. The molecular weight excluding hydrogens is 220 g/mol. The van der Waals surface area contributed by atoms with Crippen molar-refractivity contribution >= 4 is 0 Å². The van der Waals surface area contributed by atoms with E-state index in [9.17, 15) is 8.78 Å². The van der Waals surface area contributed by atoms with Gasteiger partial charge in [0.1, 0.15) is 11.6 Å². The van der Waals surface area contributed by atoms with E-state index in [0.717, 1.165) is 18.9 Å². The molecule has 0 spiro atoms. The minimum absolute atomic E-state index is 0.126. The second-order valence-electron chi connectivity index (χ2n) is 5.25. The zero-order valence-corrected chi connectivity index (χ0v) is 10.2. The van der Waals surface area contributed by atoms with Gasteiger partial charge in [-0.1, -0.05) is 19.3 Å². The lowest BCUT2D eigenvalue weighted by Crippen LogP contribution is -2.43. The highest BCUT2D eigenvalue weighted by atomic mass is 19.1. The molecule has 94 valence electrons. The highest BCUT2D eigenvalue weighted by Gasteiger charge is 2.25. The van der Waals surface area contributed by atoms with Gasteiger partial charge < -0.3 is 5.32 Å². The SMILES string of the molecule is CC1(NCc2cc(F)cc(F)c2)CCCCC1. The van der Waals surface area contributed by atoms with Crippen LogP contribution < -0.4 is 5.32 Å². The lowest BCUT2D eigenvalue weighted by Gasteiger charge is -2.34. The Hall–Kier alpha value is -0.960. The van der Waals surface area contributed by atoms with Gasteiger partial charge in [-0.25, -0.2) is 8.78 Å². The van der Waals surface area contributed by atoms with Gasteiger partial charge in [-0.15, -0.1) is 0 Å². The third kappa shape index (κ3) is 3.50. The molecule has 1 aliphatic carbocycles. The fourth-order valence-electron chi connectivity index (χ4n) is 2.54. The lowest BCUT2D eigenvalue weighted by atomic mass is 9.83. The summed E-state index contributed by atoms with van der Waals surface area (Å²) in [6, 6.07) is 3.69. The Balaban J connectivity index is 1.96. The first-order valence-corrected chi connectivity index (χ1v) is 6.27. The van der Waals surface area contributed by atoms with E-state index in [1.165, 1.54) is 31.4 Å². The fourth-order valence-corrected chi connectivity index (χ4v) is 2.54. The summed E-state index contributed by atoms with van der Waals surface area (Å²) in [4.78, 5) is 0. The van der Waals surface area contributed by atoms with E-state index < -0.39 is 11.6 Å². The summed E-state index contributed by atoms with van der Waals surface area (Å²) >= 11 is 0. The van der Waals surface area contributed by atoms with Gasteiger partial charge in [-0.3, -0.25) is 0 Å². The molecule has 1 saturated carbocycles. The number of halogens is 2. The third-order valence-electron chi connectivity index (χ3n) is 3.60. The van der Waals surface area contributed by atoms with Crippen molar-refractivity contribution in [3.8, 4) is 0 Å². The van der Waals surface area contributed by atoms with E-state index in [4.69, 9.17) is 0 Å². The van der Waals surface area contributed by atoms with Crippen molar-refractivity contribution in [3.05, 3.63) is 35.4 Å². The maximum Gasteiger partial charge on any atom is 0.126 e. The Morgan fingerprint density at radius 2 is 1.65 bits per heavy atom. The van der Waals surface area contributed by atoms with Gasteiger partial charge in [0.25, 0.3) is 0 Å². The van der Waals surface area contributed by atoms with Crippen molar-refractivity contribution in [2.75, 3.05) is 0 Å². The molecule has 0 radical (unpaired) electrons. The van der Waals surface area contributed by atoms with Crippen LogP contribution >= 0.6 is 0 Å². The first-order chi connectivity index (χ1) is 8.07. The van der Waals surface area contributed by atoms with Gasteiger partial charge >= 0.3 is 0 Å². The second-order valence-corrected chi connectivity index (χ2v) is 5.25. The molecule has 3 heteroatoms. The molecule has 0 atom stereocenters. The highest BCUT2D eigenvalue weighted by molar-refractivity contribution is 5.18. The quantitative estimate of drug-likeness (QED) is 0.846. The predicted molar refractivity (Wildman–Crippen MR) is 64.7 cm³/mol. The van der Waals surface area contributed by atoms with E-state index in [1.54, 1.807) is 0 Å². The Labute approximate surface area is 101 Å². The summed E-state index contributed by atoms with van der Waals surface area (Å²) in [5.41, 5.74) is 0.801. The summed E-state index contributed by atoms with van der Waals surface area (Å²) < 4.78 is 26.0. The number of nitrogens with one attached hydrogen (secondary N) is 1. The second kappa shape index (κ2) is 5.13. The standard InChI is InChI=1S/C14H19F2N/c1-14(5-3-2-4-6-14)17-10-11-7-12(15)9-13(16)8-11/h7-9,17H,2-6,10H2,1H3. The van der Waals surface area contributed by atoms with Crippen LogP contribution in [0.2, 0.25) is 0 Å². The molecule has 0 aliphatic heterocycles. The molecule has 17 heavy (non-hydrogen) atoms. The van der Waals surface area contributed by atoms with Crippen LogP contribution in [0.1, 0.15) is 44.6 Å². The van der Waals surface area contributed by atoms with E-state index in [1.807, 2.05) is 0 Å². The van der Waals surface area contributed by atoms with Gasteiger partial charge in [-0.2, -0.15) is 0 Å². The summed E-state index contributed by atoms with van der Waals surface area (Å²) in [5.74, 6) is -1.01. The number of hydrogen-bond donors (Lipinski definition) is 1. The molecule has 0 amide bonds. The Bertz CT molecular complexity index is 364. The summed E-state index contributed by atoms with van der Waals surface area (Å²) in [6.45, 7) is 2.73. The van der Waals surface area contributed by atoms with Crippen molar-refractivity contribution in [2.45, 2.75) is 51.1 Å². The van der Waals surface area contributed by atoms with Gasteiger partial charge in [0, 0.05) is 18.2 Å². The third-order valence-corrected chi connectivity index (χ3v) is 3.60. The van der Waals surface area contributed by atoms with Crippen molar-refractivity contribution in [1.29, 1.82) is 0 Å². The molecule has 1 N–H and O–H groups in total. The monoisotopic (exact) mass is 239 g/mol. The molecule has 0 heterocycles. The van der Waals surface area contributed by atoms with E-state index in [-0.39, 0.29) is 5.54 Å². The molecule has 1 aliphatic rings.